The topological polar surface area (TPSA) is 84.6 Å². The van der Waals surface area contributed by atoms with E-state index in [-0.39, 0.29) is 11.3 Å². The molecule has 1 N–H and O–H groups in total. The second kappa shape index (κ2) is 6.82. The fourth-order valence-corrected chi connectivity index (χ4v) is 2.11. The molecule has 0 bridgehead atoms. The maximum absolute atomic E-state index is 11.9. The molecule has 2 aromatic carbocycles. The van der Waals surface area contributed by atoms with E-state index in [2.05, 4.69) is 10.5 Å². The van der Waals surface area contributed by atoms with Gasteiger partial charge >= 0.3 is 0 Å². The van der Waals surface area contributed by atoms with Crippen LogP contribution in [0.15, 0.2) is 47.6 Å². The number of hydrogen-bond donors (Lipinski definition) is 1. The van der Waals surface area contributed by atoms with Crippen LogP contribution in [0.25, 0.3) is 0 Å². The van der Waals surface area contributed by atoms with Crippen molar-refractivity contribution in [2.75, 3.05) is 0 Å². The van der Waals surface area contributed by atoms with Gasteiger partial charge in [-0.1, -0.05) is 29.8 Å². The number of benzene rings is 2. The van der Waals surface area contributed by atoms with Crippen molar-refractivity contribution in [3.63, 3.8) is 0 Å². The fraction of sp³-hybridized carbons (Fsp3) is 0.0667. The molecule has 22 heavy (non-hydrogen) atoms. The molecule has 0 atom stereocenters. The first-order chi connectivity index (χ1) is 10.5. The summed E-state index contributed by atoms with van der Waals surface area (Å²) in [6.07, 6.45) is 1.22. The van der Waals surface area contributed by atoms with Crippen molar-refractivity contribution in [2.45, 2.75) is 6.92 Å². The quantitative estimate of drug-likeness (QED) is 0.533. The van der Waals surface area contributed by atoms with Gasteiger partial charge in [-0.3, -0.25) is 14.9 Å². The predicted molar refractivity (Wildman–Crippen MR) is 84.3 cm³/mol. The summed E-state index contributed by atoms with van der Waals surface area (Å²) in [6, 6.07) is 11.1. The predicted octanol–water partition coefficient (Wildman–Crippen LogP) is 3.32. The van der Waals surface area contributed by atoms with Gasteiger partial charge in [-0.25, -0.2) is 5.43 Å². The molecular formula is C15H12ClN3O3. The highest BCUT2D eigenvalue weighted by atomic mass is 35.5. The second-order valence-corrected chi connectivity index (χ2v) is 4.91. The van der Waals surface area contributed by atoms with Gasteiger partial charge in [0.2, 0.25) is 0 Å². The Labute approximate surface area is 131 Å². The van der Waals surface area contributed by atoms with Crippen LogP contribution in [-0.2, 0) is 0 Å². The number of amides is 1. The lowest BCUT2D eigenvalue weighted by Gasteiger charge is -2.03. The molecule has 2 aromatic rings. The number of nitrogens with zero attached hydrogens (tertiary/aromatic N) is 2. The molecule has 0 aliphatic carbocycles. The molecule has 0 heterocycles. The molecule has 0 unspecified atom stereocenters. The summed E-state index contributed by atoms with van der Waals surface area (Å²) in [5.41, 5.74) is 3.72. The molecule has 0 aromatic heterocycles. The Kier molecular flexibility index (Phi) is 4.85. The minimum Gasteiger partial charge on any atom is -0.267 e. The minimum atomic E-state index is -0.514. The third kappa shape index (κ3) is 3.67. The van der Waals surface area contributed by atoms with Crippen LogP contribution in [0.2, 0.25) is 5.02 Å². The standard InChI is InChI=1S/C15H12ClN3O3/c1-10-6-7-12(13(16)8-10)15(20)18-17-9-11-4-2-3-5-14(11)19(21)22/h2-9H,1H3,(H,18,20)/b17-9-. The van der Waals surface area contributed by atoms with Crippen LogP contribution >= 0.6 is 11.6 Å². The zero-order valence-electron chi connectivity index (χ0n) is 11.6. The zero-order chi connectivity index (χ0) is 16.1. The first-order valence-corrected chi connectivity index (χ1v) is 6.70. The number of carbonyl (C=O) groups is 1. The van der Waals surface area contributed by atoms with E-state index in [1.807, 2.05) is 6.92 Å². The van der Waals surface area contributed by atoms with E-state index < -0.39 is 10.8 Å². The first-order valence-electron chi connectivity index (χ1n) is 6.32. The Morgan fingerprint density at radius 2 is 2.05 bits per heavy atom. The van der Waals surface area contributed by atoms with Gasteiger partial charge in [0.15, 0.2) is 0 Å². The van der Waals surface area contributed by atoms with Gasteiger partial charge in [-0.15, -0.1) is 0 Å². The average Bonchev–Trinajstić information content (AvgIpc) is 2.47. The Hall–Kier alpha value is -2.73. The van der Waals surface area contributed by atoms with Crippen molar-refractivity contribution >= 4 is 29.4 Å². The molecule has 2 rings (SSSR count). The lowest BCUT2D eigenvalue weighted by atomic mass is 10.1. The Morgan fingerprint density at radius 3 is 2.73 bits per heavy atom. The highest BCUT2D eigenvalue weighted by molar-refractivity contribution is 6.33. The number of carbonyl (C=O) groups excluding carboxylic acids is 1. The van der Waals surface area contributed by atoms with E-state index in [0.29, 0.717) is 10.6 Å². The molecule has 0 aliphatic heterocycles. The molecule has 0 spiro atoms. The van der Waals surface area contributed by atoms with E-state index in [1.54, 1.807) is 30.3 Å². The van der Waals surface area contributed by atoms with Crippen molar-refractivity contribution in [3.8, 4) is 0 Å². The molecule has 6 nitrogen and oxygen atoms in total. The number of nitro groups is 1. The summed E-state index contributed by atoms with van der Waals surface area (Å²) in [7, 11) is 0. The smallest absolute Gasteiger partial charge is 0.267 e. The third-order valence-corrected chi connectivity index (χ3v) is 3.19. The van der Waals surface area contributed by atoms with Crippen LogP contribution < -0.4 is 5.43 Å². The Bertz CT molecular complexity index is 759. The van der Waals surface area contributed by atoms with Crippen LogP contribution in [0.4, 0.5) is 5.69 Å². The number of para-hydroxylation sites is 1. The average molecular weight is 318 g/mol. The summed E-state index contributed by atoms with van der Waals surface area (Å²) >= 11 is 5.99. The van der Waals surface area contributed by atoms with Gasteiger partial charge in [-0.05, 0) is 30.7 Å². The van der Waals surface area contributed by atoms with Crippen LogP contribution in [0, 0.1) is 17.0 Å². The normalized spacial score (nSPS) is 10.6. The molecular weight excluding hydrogens is 306 g/mol. The number of hydrogen-bond acceptors (Lipinski definition) is 4. The van der Waals surface area contributed by atoms with Crippen LogP contribution in [0.1, 0.15) is 21.5 Å². The number of nitro benzene ring substituents is 1. The third-order valence-electron chi connectivity index (χ3n) is 2.87. The molecule has 0 radical (unpaired) electrons. The van der Waals surface area contributed by atoms with Gasteiger partial charge in [0, 0.05) is 6.07 Å². The van der Waals surface area contributed by atoms with Crippen molar-refractivity contribution in [1.29, 1.82) is 0 Å². The first kappa shape index (κ1) is 15.7. The lowest BCUT2D eigenvalue weighted by molar-refractivity contribution is -0.385. The number of halogens is 1. The van der Waals surface area contributed by atoms with Crippen molar-refractivity contribution in [3.05, 3.63) is 74.3 Å². The van der Waals surface area contributed by atoms with Gasteiger partial charge in [0.1, 0.15) is 0 Å². The van der Waals surface area contributed by atoms with Crippen molar-refractivity contribution < 1.29 is 9.72 Å². The van der Waals surface area contributed by atoms with Crippen LogP contribution in [-0.4, -0.2) is 17.0 Å². The van der Waals surface area contributed by atoms with E-state index >= 15 is 0 Å². The van der Waals surface area contributed by atoms with E-state index in [9.17, 15) is 14.9 Å². The number of hydrazone groups is 1. The zero-order valence-corrected chi connectivity index (χ0v) is 12.4. The van der Waals surface area contributed by atoms with E-state index in [4.69, 9.17) is 11.6 Å². The summed E-state index contributed by atoms with van der Waals surface area (Å²) in [6.45, 7) is 1.86. The van der Waals surface area contributed by atoms with Gasteiger partial charge in [-0.2, -0.15) is 5.10 Å². The monoisotopic (exact) mass is 317 g/mol. The highest BCUT2D eigenvalue weighted by Crippen LogP contribution is 2.17. The molecule has 1 amide bonds. The molecule has 0 aliphatic rings. The number of rotatable bonds is 4. The van der Waals surface area contributed by atoms with Gasteiger partial charge in [0.25, 0.3) is 11.6 Å². The summed E-state index contributed by atoms with van der Waals surface area (Å²) in [4.78, 5) is 22.3. The lowest BCUT2D eigenvalue weighted by Crippen LogP contribution is -2.18. The molecule has 0 fully saturated rings. The summed E-state index contributed by atoms with van der Waals surface area (Å²) in [5.74, 6) is -0.486. The number of nitrogens with one attached hydrogen (secondary N) is 1. The highest BCUT2D eigenvalue weighted by Gasteiger charge is 2.11. The minimum absolute atomic E-state index is 0.0890. The fourth-order valence-electron chi connectivity index (χ4n) is 1.79. The molecule has 0 saturated heterocycles. The van der Waals surface area contributed by atoms with Crippen molar-refractivity contribution in [1.82, 2.24) is 5.43 Å². The van der Waals surface area contributed by atoms with E-state index in [0.717, 1.165) is 5.56 Å². The Balaban J connectivity index is 2.13. The van der Waals surface area contributed by atoms with Gasteiger partial charge in [0.05, 0.1) is 27.3 Å². The maximum Gasteiger partial charge on any atom is 0.278 e. The maximum atomic E-state index is 11.9. The summed E-state index contributed by atoms with van der Waals surface area (Å²) in [5, 5.41) is 14.9. The largest absolute Gasteiger partial charge is 0.278 e. The molecule has 112 valence electrons. The number of aryl methyl sites for hydroxylation is 1. The van der Waals surface area contributed by atoms with Crippen molar-refractivity contribution in [2.24, 2.45) is 5.10 Å². The van der Waals surface area contributed by atoms with E-state index in [1.165, 1.54) is 18.3 Å². The van der Waals surface area contributed by atoms with Gasteiger partial charge < -0.3 is 0 Å². The summed E-state index contributed by atoms with van der Waals surface area (Å²) < 4.78 is 0. The second-order valence-electron chi connectivity index (χ2n) is 4.50. The van der Waals surface area contributed by atoms with Crippen LogP contribution in [0.3, 0.4) is 0 Å². The molecule has 0 saturated carbocycles. The SMILES string of the molecule is Cc1ccc(C(=O)N/N=C\c2ccccc2[N+](=O)[O-])c(Cl)c1. The Morgan fingerprint density at radius 1 is 1.32 bits per heavy atom. The van der Waals surface area contributed by atoms with Crippen LogP contribution in [0.5, 0.6) is 0 Å². The molecule has 7 heteroatoms.